The molecule has 0 bridgehead atoms. The lowest BCUT2D eigenvalue weighted by Gasteiger charge is -2.65. The number of aliphatic hydroxyl groups is 3. The molecule has 4 aliphatic carbocycles. The van der Waals surface area contributed by atoms with Crippen LogP contribution in [0.5, 0.6) is 0 Å². The average Bonchev–Trinajstić information content (AvgIpc) is 2.79. The fourth-order valence-electron chi connectivity index (χ4n) is 7.19. The number of fused-ring (bicyclic) bond motifs is 5. The molecule has 132 valence electrons. The third kappa shape index (κ3) is 2.04. The zero-order chi connectivity index (χ0) is 16.6. The molecule has 0 aliphatic heterocycles. The summed E-state index contributed by atoms with van der Waals surface area (Å²) in [5, 5.41) is 31.7. The minimum Gasteiger partial charge on any atom is -0.393 e. The average molecular weight is 387 g/mol. The third-order valence-corrected chi connectivity index (χ3v) is 10.5. The summed E-state index contributed by atoms with van der Waals surface area (Å²) in [5.74, 6) is 1.67. The molecule has 4 rings (SSSR count). The molecule has 0 saturated heterocycles. The van der Waals surface area contributed by atoms with Gasteiger partial charge in [-0.15, -0.1) is 0 Å². The van der Waals surface area contributed by atoms with E-state index in [1.54, 1.807) is 0 Å². The van der Waals surface area contributed by atoms with E-state index in [1.165, 1.54) is 0 Å². The molecule has 23 heavy (non-hydrogen) atoms. The van der Waals surface area contributed by atoms with E-state index in [1.807, 2.05) is 0 Å². The first-order chi connectivity index (χ1) is 10.7. The predicted octanol–water partition coefficient (Wildman–Crippen LogP) is 3.24. The van der Waals surface area contributed by atoms with Crippen LogP contribution >= 0.6 is 15.9 Å². The maximum atomic E-state index is 11.0. The topological polar surface area (TPSA) is 60.7 Å². The molecule has 4 fully saturated rings. The van der Waals surface area contributed by atoms with E-state index >= 15 is 0 Å². The van der Waals surface area contributed by atoms with Crippen molar-refractivity contribution in [1.82, 2.24) is 0 Å². The fourth-order valence-corrected chi connectivity index (χ4v) is 8.24. The molecule has 0 amide bonds. The molecule has 0 spiro atoms. The van der Waals surface area contributed by atoms with E-state index in [4.69, 9.17) is 0 Å². The van der Waals surface area contributed by atoms with Crippen molar-refractivity contribution in [2.24, 2.45) is 28.6 Å². The third-order valence-electron chi connectivity index (χ3n) is 8.71. The van der Waals surface area contributed by atoms with Crippen LogP contribution in [0.2, 0.25) is 0 Å². The van der Waals surface area contributed by atoms with Gasteiger partial charge in [0.25, 0.3) is 0 Å². The van der Waals surface area contributed by atoms with Crippen molar-refractivity contribution in [3.63, 3.8) is 0 Å². The van der Waals surface area contributed by atoms with Gasteiger partial charge in [-0.05, 0) is 80.0 Å². The fraction of sp³-hybridized carbons (Fsp3) is 1.00. The quantitative estimate of drug-likeness (QED) is 0.560. The Kier molecular flexibility index (Phi) is 3.79. The maximum absolute atomic E-state index is 11.0. The number of aliphatic hydroxyl groups excluding tert-OH is 3. The summed E-state index contributed by atoms with van der Waals surface area (Å²) in [7, 11) is 0. The van der Waals surface area contributed by atoms with Gasteiger partial charge in [-0.25, -0.2) is 0 Å². The second kappa shape index (κ2) is 5.18. The number of hydrogen-bond donors (Lipinski definition) is 3. The van der Waals surface area contributed by atoms with Crippen molar-refractivity contribution in [3.05, 3.63) is 0 Å². The van der Waals surface area contributed by atoms with Gasteiger partial charge in [-0.2, -0.15) is 0 Å². The lowest BCUT2D eigenvalue weighted by atomic mass is 9.44. The zero-order valence-corrected chi connectivity index (χ0v) is 15.9. The molecule has 0 unspecified atom stereocenters. The molecule has 0 aromatic carbocycles. The van der Waals surface area contributed by atoms with Gasteiger partial charge in [-0.3, -0.25) is 0 Å². The summed E-state index contributed by atoms with van der Waals surface area (Å²) in [6.45, 7) is 4.63. The summed E-state index contributed by atoms with van der Waals surface area (Å²) in [5.41, 5.74) is 0.0984. The Balaban J connectivity index is 1.71. The Hall–Kier alpha value is 0.360. The molecule has 4 heteroatoms. The first-order valence-electron chi connectivity index (χ1n) is 9.45. The van der Waals surface area contributed by atoms with Gasteiger partial charge in [-0.1, -0.05) is 29.8 Å². The number of rotatable bonds is 0. The van der Waals surface area contributed by atoms with Crippen LogP contribution in [-0.2, 0) is 0 Å². The molecule has 9 atom stereocenters. The normalized spacial score (nSPS) is 62.3. The second-order valence-electron chi connectivity index (χ2n) is 9.44. The van der Waals surface area contributed by atoms with Gasteiger partial charge < -0.3 is 15.3 Å². The van der Waals surface area contributed by atoms with E-state index < -0.39 is 6.10 Å². The Morgan fingerprint density at radius 1 is 0.870 bits per heavy atom. The molecule has 0 aromatic rings. The molecule has 0 heterocycles. The SMILES string of the molecule is C[C@]12CC[C@H]3[C@@H](C[C@@H](O)[C@]4(Br)C[C@@H](O)CC[C@]34C)[C@@H]1CC[C@@H]2O. The summed E-state index contributed by atoms with van der Waals surface area (Å²) in [6.07, 6.45) is 6.77. The van der Waals surface area contributed by atoms with Gasteiger partial charge in [0, 0.05) is 0 Å². The van der Waals surface area contributed by atoms with Crippen molar-refractivity contribution in [2.45, 2.75) is 87.9 Å². The molecule has 3 N–H and O–H groups in total. The highest BCUT2D eigenvalue weighted by Gasteiger charge is 2.66. The molecular weight excluding hydrogens is 356 g/mol. The molecule has 4 saturated carbocycles. The van der Waals surface area contributed by atoms with Crippen LogP contribution in [-0.4, -0.2) is 38.0 Å². The van der Waals surface area contributed by atoms with Crippen LogP contribution < -0.4 is 0 Å². The molecule has 0 radical (unpaired) electrons. The van der Waals surface area contributed by atoms with Crippen LogP contribution in [0.25, 0.3) is 0 Å². The number of hydrogen-bond acceptors (Lipinski definition) is 3. The predicted molar refractivity (Wildman–Crippen MR) is 93.3 cm³/mol. The molecule has 4 aliphatic rings. The van der Waals surface area contributed by atoms with Crippen LogP contribution in [0.1, 0.15) is 65.2 Å². The minimum absolute atomic E-state index is 0.0451. The highest BCUT2D eigenvalue weighted by Crippen LogP contribution is 2.69. The van der Waals surface area contributed by atoms with Crippen LogP contribution in [0.4, 0.5) is 0 Å². The second-order valence-corrected chi connectivity index (χ2v) is 10.9. The number of alkyl halides is 1. The number of halogens is 1. The van der Waals surface area contributed by atoms with Crippen LogP contribution in [0, 0.1) is 28.6 Å². The standard InChI is InChI=1S/C19H31BrO3/c1-17-7-6-14-12(13(17)3-4-15(17)22)9-16(23)19(20)10-11(21)5-8-18(14,19)2/h11-16,21-23H,3-10H2,1-2H3/t11-,12-,13-,14-,15-,16+,17-,18+,19+/m0/s1. The summed E-state index contributed by atoms with van der Waals surface area (Å²) in [4.78, 5) is 0. The van der Waals surface area contributed by atoms with E-state index in [0.29, 0.717) is 24.2 Å². The maximum Gasteiger partial charge on any atom is 0.0702 e. The summed E-state index contributed by atoms with van der Waals surface area (Å²) in [6, 6.07) is 0. The Morgan fingerprint density at radius 3 is 2.35 bits per heavy atom. The van der Waals surface area contributed by atoms with Crippen LogP contribution in [0.3, 0.4) is 0 Å². The Bertz CT molecular complexity index is 499. The Morgan fingerprint density at radius 2 is 1.61 bits per heavy atom. The molecule has 0 aromatic heterocycles. The van der Waals surface area contributed by atoms with E-state index in [-0.39, 0.29) is 27.4 Å². The highest BCUT2D eigenvalue weighted by molar-refractivity contribution is 9.10. The van der Waals surface area contributed by atoms with Crippen molar-refractivity contribution < 1.29 is 15.3 Å². The smallest absolute Gasteiger partial charge is 0.0702 e. The van der Waals surface area contributed by atoms with E-state index in [2.05, 4.69) is 29.8 Å². The van der Waals surface area contributed by atoms with Crippen molar-refractivity contribution >= 4 is 15.9 Å². The van der Waals surface area contributed by atoms with Gasteiger partial charge in [0.1, 0.15) is 0 Å². The zero-order valence-electron chi connectivity index (χ0n) is 14.3. The summed E-state index contributed by atoms with van der Waals surface area (Å²) < 4.78 is -0.343. The Labute approximate surface area is 148 Å². The summed E-state index contributed by atoms with van der Waals surface area (Å²) >= 11 is 3.94. The molecular formula is C19H31BrO3. The minimum atomic E-state index is -0.399. The van der Waals surface area contributed by atoms with Crippen molar-refractivity contribution in [3.8, 4) is 0 Å². The van der Waals surface area contributed by atoms with Crippen LogP contribution in [0.15, 0.2) is 0 Å². The van der Waals surface area contributed by atoms with Gasteiger partial charge in [0.05, 0.1) is 22.6 Å². The van der Waals surface area contributed by atoms with Crippen molar-refractivity contribution in [1.29, 1.82) is 0 Å². The largest absolute Gasteiger partial charge is 0.393 e. The first kappa shape index (κ1) is 16.8. The van der Waals surface area contributed by atoms with Gasteiger partial charge in [0.2, 0.25) is 0 Å². The first-order valence-corrected chi connectivity index (χ1v) is 10.2. The highest BCUT2D eigenvalue weighted by atomic mass is 79.9. The van der Waals surface area contributed by atoms with Crippen molar-refractivity contribution in [2.75, 3.05) is 0 Å². The lowest BCUT2D eigenvalue weighted by molar-refractivity contribution is -0.157. The van der Waals surface area contributed by atoms with Gasteiger partial charge >= 0.3 is 0 Å². The van der Waals surface area contributed by atoms with E-state index in [0.717, 1.165) is 44.9 Å². The lowest BCUT2D eigenvalue weighted by Crippen LogP contribution is -2.65. The van der Waals surface area contributed by atoms with E-state index in [9.17, 15) is 15.3 Å². The monoisotopic (exact) mass is 386 g/mol. The molecule has 3 nitrogen and oxygen atoms in total. The van der Waals surface area contributed by atoms with Gasteiger partial charge in [0.15, 0.2) is 0 Å².